The Labute approximate surface area is 126 Å². The fourth-order valence-corrected chi connectivity index (χ4v) is 2.67. The molecule has 0 bridgehead atoms. The molecule has 0 saturated carbocycles. The number of ketones is 1. The van der Waals surface area contributed by atoms with Crippen LogP contribution in [0.1, 0.15) is 13.3 Å². The molecule has 0 saturated heterocycles. The van der Waals surface area contributed by atoms with Gasteiger partial charge in [-0.25, -0.2) is 9.59 Å². The molecule has 110 valence electrons. The Morgan fingerprint density at radius 2 is 1.65 bits per heavy atom. The lowest BCUT2D eigenvalue weighted by atomic mass is 10.0. The van der Waals surface area contributed by atoms with Crippen molar-refractivity contribution in [3.63, 3.8) is 0 Å². The fourth-order valence-electron chi connectivity index (χ4n) is 1.31. The van der Waals surface area contributed by atoms with Gasteiger partial charge < -0.3 is 9.47 Å². The average Bonchev–Trinajstić information content (AvgIpc) is 2.44. The van der Waals surface area contributed by atoms with Crippen molar-refractivity contribution in [3.05, 3.63) is 23.0 Å². The van der Waals surface area contributed by atoms with Crippen molar-refractivity contribution in [1.29, 1.82) is 0 Å². The molecule has 0 amide bonds. The predicted molar refractivity (Wildman–Crippen MR) is 79.0 cm³/mol. The lowest BCUT2D eigenvalue weighted by Gasteiger charge is -2.14. The number of carbonyl (C=O) groups excluding carboxylic acids is 3. The highest BCUT2D eigenvalue weighted by molar-refractivity contribution is 8.18. The van der Waals surface area contributed by atoms with Gasteiger partial charge in [-0.3, -0.25) is 4.79 Å². The molecule has 0 atom stereocenters. The molecule has 0 aromatic rings. The molecular weight excluding hydrogens is 300 g/mol. The van der Waals surface area contributed by atoms with Crippen molar-refractivity contribution in [2.45, 2.75) is 13.3 Å². The third-order valence-electron chi connectivity index (χ3n) is 2.39. The highest BCUT2D eigenvalue weighted by atomic mass is 32.2. The maximum absolute atomic E-state index is 11.7. The number of hydrogen-bond acceptors (Lipinski definition) is 7. The van der Waals surface area contributed by atoms with Gasteiger partial charge in [-0.2, -0.15) is 0 Å². The molecule has 7 heteroatoms. The number of rotatable bonds is 2. The van der Waals surface area contributed by atoms with Crippen LogP contribution < -0.4 is 0 Å². The zero-order valence-corrected chi connectivity index (χ0v) is 12.7. The normalized spacial score (nSPS) is 21.8. The van der Waals surface area contributed by atoms with E-state index in [0.717, 1.165) is 0 Å². The van der Waals surface area contributed by atoms with E-state index in [9.17, 15) is 14.4 Å². The summed E-state index contributed by atoms with van der Waals surface area (Å²) >= 11 is 2.82. The minimum absolute atomic E-state index is 0.0771. The molecule has 1 aliphatic rings. The summed E-state index contributed by atoms with van der Waals surface area (Å²) in [5, 5.41) is 3.93. The first kappa shape index (κ1) is 16.8. The van der Waals surface area contributed by atoms with Crippen LogP contribution in [0.25, 0.3) is 0 Å². The summed E-state index contributed by atoms with van der Waals surface area (Å²) in [4.78, 5) is 34.5. The van der Waals surface area contributed by atoms with Gasteiger partial charge in [0.25, 0.3) is 0 Å². The minimum Gasteiger partial charge on any atom is -0.462 e. The Kier molecular flexibility index (Phi) is 8.13. The monoisotopic (exact) mass is 316 g/mol. The summed E-state index contributed by atoms with van der Waals surface area (Å²) in [5.41, 5.74) is 0. The van der Waals surface area contributed by atoms with Crippen molar-refractivity contribution in [2.24, 2.45) is 5.92 Å². The topological polar surface area (TPSA) is 69.7 Å². The third-order valence-corrected chi connectivity index (χ3v) is 4.14. The minimum atomic E-state index is -0.613. The second kappa shape index (κ2) is 9.66. The van der Waals surface area contributed by atoms with Crippen LogP contribution in [-0.2, 0) is 23.9 Å². The molecule has 0 aliphatic carbocycles. The van der Waals surface area contributed by atoms with E-state index >= 15 is 0 Å². The summed E-state index contributed by atoms with van der Waals surface area (Å²) in [5.74, 6) is -1.72. The first-order valence-electron chi connectivity index (χ1n) is 6.06. The van der Waals surface area contributed by atoms with Crippen LogP contribution in [0.15, 0.2) is 23.0 Å². The van der Waals surface area contributed by atoms with E-state index in [1.54, 1.807) is 17.7 Å². The smallest absolute Gasteiger partial charge is 0.331 e. The highest BCUT2D eigenvalue weighted by Gasteiger charge is 2.20. The molecule has 0 radical (unpaired) electrons. The van der Waals surface area contributed by atoms with Gasteiger partial charge >= 0.3 is 11.9 Å². The number of cyclic esters (lactones) is 2. The van der Waals surface area contributed by atoms with Crippen molar-refractivity contribution >= 4 is 41.2 Å². The average molecular weight is 316 g/mol. The molecule has 1 heterocycles. The Hall–Kier alpha value is -1.21. The molecule has 0 unspecified atom stereocenters. The van der Waals surface area contributed by atoms with Crippen molar-refractivity contribution in [3.8, 4) is 0 Å². The van der Waals surface area contributed by atoms with Gasteiger partial charge in [0.2, 0.25) is 0 Å². The van der Waals surface area contributed by atoms with Crippen LogP contribution >= 0.6 is 23.5 Å². The molecule has 1 rings (SSSR count). The maximum Gasteiger partial charge on any atom is 0.331 e. The van der Waals surface area contributed by atoms with E-state index in [4.69, 9.17) is 9.47 Å². The zero-order chi connectivity index (χ0) is 14.8. The molecule has 0 N–H and O–H groups in total. The Morgan fingerprint density at radius 3 is 2.10 bits per heavy atom. The van der Waals surface area contributed by atoms with Crippen LogP contribution in [0, 0.1) is 5.92 Å². The highest BCUT2D eigenvalue weighted by Crippen LogP contribution is 2.15. The molecule has 0 fully saturated rings. The van der Waals surface area contributed by atoms with Gasteiger partial charge in [0.15, 0.2) is 0 Å². The van der Waals surface area contributed by atoms with Gasteiger partial charge in [-0.05, 0) is 10.8 Å². The van der Waals surface area contributed by atoms with Gasteiger partial charge in [0.1, 0.15) is 19.0 Å². The number of carbonyl (C=O) groups is 3. The number of Topliss-reactive ketones (excluding diaryl/α,β-unsaturated/α-hetero) is 1. The van der Waals surface area contributed by atoms with E-state index in [2.05, 4.69) is 0 Å². The van der Waals surface area contributed by atoms with Gasteiger partial charge in [0, 0.05) is 23.7 Å². The summed E-state index contributed by atoms with van der Waals surface area (Å²) in [6, 6.07) is 0. The van der Waals surface area contributed by atoms with Gasteiger partial charge in [-0.1, -0.05) is 6.92 Å². The van der Waals surface area contributed by atoms with Gasteiger partial charge in [-0.15, -0.1) is 23.5 Å². The summed E-state index contributed by atoms with van der Waals surface area (Å²) < 4.78 is 9.96. The first-order valence-corrected chi connectivity index (χ1v) is 8.15. The molecule has 0 aromatic heterocycles. The molecule has 20 heavy (non-hydrogen) atoms. The Bertz CT molecular complexity index is 387. The van der Waals surface area contributed by atoms with E-state index in [1.165, 1.54) is 35.7 Å². The molecule has 0 aromatic carbocycles. The van der Waals surface area contributed by atoms with Crippen molar-refractivity contribution in [1.82, 2.24) is 0 Å². The van der Waals surface area contributed by atoms with Crippen LogP contribution in [0.3, 0.4) is 0 Å². The lowest BCUT2D eigenvalue weighted by Crippen LogP contribution is -2.27. The van der Waals surface area contributed by atoms with Crippen molar-refractivity contribution < 1.29 is 23.9 Å². The third kappa shape index (κ3) is 6.81. The van der Waals surface area contributed by atoms with Crippen LogP contribution in [-0.4, -0.2) is 36.0 Å². The second-order valence-corrected chi connectivity index (χ2v) is 5.99. The number of esters is 2. The molecule has 0 spiro atoms. The largest absolute Gasteiger partial charge is 0.462 e. The zero-order valence-electron chi connectivity index (χ0n) is 11.1. The standard InChI is InChI=1S/C13H16O5S2/c1-2-11(14)10-7-17-12(15)3-5-19-9-20-6-4-13(16)18-8-10/h3-6,10H,2,7-9H2,1H3. The Balaban J connectivity index is 2.69. The van der Waals surface area contributed by atoms with Crippen LogP contribution in [0.4, 0.5) is 0 Å². The summed E-state index contributed by atoms with van der Waals surface area (Å²) in [7, 11) is 0. The van der Waals surface area contributed by atoms with E-state index in [1.807, 2.05) is 0 Å². The fraction of sp³-hybridized carbons (Fsp3) is 0.462. The summed E-state index contributed by atoms with van der Waals surface area (Å²) in [6.07, 6.45) is 2.94. The van der Waals surface area contributed by atoms with Crippen LogP contribution in [0.2, 0.25) is 0 Å². The number of hydrogen-bond donors (Lipinski definition) is 0. The maximum atomic E-state index is 11.7. The first-order chi connectivity index (χ1) is 9.63. The molecule has 5 nitrogen and oxygen atoms in total. The van der Waals surface area contributed by atoms with Crippen LogP contribution in [0.5, 0.6) is 0 Å². The van der Waals surface area contributed by atoms with E-state index < -0.39 is 17.9 Å². The summed E-state index contributed by atoms with van der Waals surface area (Å²) in [6.45, 7) is 1.56. The lowest BCUT2D eigenvalue weighted by molar-refractivity contribution is -0.145. The Morgan fingerprint density at radius 1 is 1.15 bits per heavy atom. The van der Waals surface area contributed by atoms with Crippen molar-refractivity contribution in [2.75, 3.05) is 18.3 Å². The number of ether oxygens (including phenoxy) is 2. The molecular formula is C13H16O5S2. The van der Waals surface area contributed by atoms with Gasteiger partial charge in [0.05, 0.1) is 5.92 Å². The van der Waals surface area contributed by atoms with E-state index in [0.29, 0.717) is 11.5 Å². The number of thioether (sulfide) groups is 2. The molecule has 1 aliphatic heterocycles. The van der Waals surface area contributed by atoms with E-state index in [-0.39, 0.29) is 19.0 Å². The second-order valence-electron chi connectivity index (χ2n) is 3.83. The quantitative estimate of drug-likeness (QED) is 0.723. The predicted octanol–water partition coefficient (Wildman–Crippen LogP) is 2.13. The SMILES string of the molecule is CCC(=O)C1COC(=O)C=CSCSC=CC(=O)OC1.